The van der Waals surface area contributed by atoms with Crippen molar-refractivity contribution in [3.63, 3.8) is 0 Å². The molecule has 0 saturated carbocycles. The van der Waals surface area contributed by atoms with Gasteiger partial charge in [0.25, 0.3) is 5.76 Å². The summed E-state index contributed by atoms with van der Waals surface area (Å²) in [5.41, 5.74) is 0.698. The van der Waals surface area contributed by atoms with Gasteiger partial charge in [-0.1, -0.05) is 49.5 Å². The Hall–Kier alpha value is -0.750. The Balaban J connectivity index is 2.09. The summed E-state index contributed by atoms with van der Waals surface area (Å²) in [6.45, 7) is 4.27. The number of nitrogens with one attached hydrogen (secondary N) is 1. The lowest BCUT2D eigenvalue weighted by molar-refractivity contribution is 0.252. The van der Waals surface area contributed by atoms with Crippen LogP contribution in [0.25, 0.3) is 0 Å². The van der Waals surface area contributed by atoms with Crippen LogP contribution in [0.3, 0.4) is 0 Å². The van der Waals surface area contributed by atoms with E-state index in [4.69, 9.17) is 0 Å². The highest BCUT2D eigenvalue weighted by Crippen LogP contribution is 2.33. The van der Waals surface area contributed by atoms with Gasteiger partial charge in [-0.25, -0.2) is 0 Å². The molecule has 2 rings (SSSR count). The van der Waals surface area contributed by atoms with Crippen LogP contribution in [0.15, 0.2) is 34.2 Å². The Morgan fingerprint density at radius 3 is 2.74 bits per heavy atom. The second kappa shape index (κ2) is 6.61. The molecular weight excluding hydrogens is 286 g/mol. The largest absolute Gasteiger partial charge is 0.334 e. The van der Waals surface area contributed by atoms with Crippen molar-refractivity contribution in [3.8, 4) is 0 Å². The van der Waals surface area contributed by atoms with E-state index in [0.29, 0.717) is 34.3 Å². The highest BCUT2D eigenvalue weighted by molar-refractivity contribution is 8.14. The quantitative estimate of drug-likeness (QED) is 0.826. The topological polar surface area (TPSA) is 24.4 Å². The highest BCUT2D eigenvalue weighted by Gasteiger charge is 2.21. The summed E-state index contributed by atoms with van der Waals surface area (Å²) in [5.74, 6) is -0.966. The predicted molar refractivity (Wildman–Crippen MR) is 80.4 cm³/mol. The third-order valence-electron chi connectivity index (χ3n) is 2.79. The molecule has 0 saturated heterocycles. The third-order valence-corrected chi connectivity index (χ3v) is 4.57. The molecule has 1 aliphatic rings. The number of hydrogen-bond donors (Lipinski definition) is 1. The SMILES string of the molecule is CC(C)C1CSC(Nc2ccccc2SC(F)F)=N1. The molecule has 19 heavy (non-hydrogen) atoms. The van der Waals surface area contributed by atoms with Gasteiger partial charge in [0.05, 0.1) is 11.7 Å². The first-order valence-electron chi connectivity index (χ1n) is 6.07. The molecule has 2 nitrogen and oxygen atoms in total. The van der Waals surface area contributed by atoms with Gasteiger partial charge in [0.2, 0.25) is 0 Å². The number of halogens is 2. The third kappa shape index (κ3) is 4.11. The lowest BCUT2D eigenvalue weighted by Gasteiger charge is -2.10. The van der Waals surface area contributed by atoms with E-state index in [-0.39, 0.29) is 0 Å². The number of rotatable bonds is 4. The van der Waals surface area contributed by atoms with E-state index in [9.17, 15) is 8.78 Å². The maximum atomic E-state index is 12.5. The first-order valence-corrected chi connectivity index (χ1v) is 7.94. The Kier molecular flexibility index (Phi) is 5.10. The molecule has 0 aromatic heterocycles. The minimum atomic E-state index is -2.41. The first-order chi connectivity index (χ1) is 9.06. The van der Waals surface area contributed by atoms with Crippen LogP contribution in [0, 0.1) is 5.92 Å². The Morgan fingerprint density at radius 2 is 2.11 bits per heavy atom. The lowest BCUT2D eigenvalue weighted by Crippen LogP contribution is -2.12. The zero-order chi connectivity index (χ0) is 13.8. The zero-order valence-electron chi connectivity index (χ0n) is 10.8. The van der Waals surface area contributed by atoms with Gasteiger partial charge in [0.1, 0.15) is 0 Å². The molecule has 0 bridgehead atoms. The molecule has 0 spiro atoms. The maximum absolute atomic E-state index is 12.5. The number of alkyl halides is 2. The minimum Gasteiger partial charge on any atom is -0.334 e. The average Bonchev–Trinajstić information content (AvgIpc) is 2.80. The molecule has 1 atom stereocenters. The zero-order valence-corrected chi connectivity index (χ0v) is 12.4. The van der Waals surface area contributed by atoms with E-state index in [0.717, 1.165) is 10.9 Å². The van der Waals surface area contributed by atoms with Crippen LogP contribution in [-0.4, -0.2) is 22.7 Å². The minimum absolute atomic E-state index is 0.308. The molecule has 1 aromatic rings. The standard InChI is InChI=1S/C13H16F2N2S2/c1-8(2)10-7-18-13(17-10)16-9-5-3-4-6-11(9)19-12(14)15/h3-6,8,10,12H,7H2,1-2H3,(H,16,17). The number of thioether (sulfide) groups is 2. The van der Waals surface area contributed by atoms with Gasteiger partial charge in [-0.2, -0.15) is 8.78 Å². The fourth-order valence-electron chi connectivity index (χ4n) is 1.68. The van der Waals surface area contributed by atoms with E-state index in [1.807, 2.05) is 6.07 Å². The van der Waals surface area contributed by atoms with Crippen molar-refractivity contribution < 1.29 is 8.78 Å². The molecule has 0 aliphatic carbocycles. The molecule has 0 fully saturated rings. The van der Waals surface area contributed by atoms with Gasteiger partial charge in [-0.3, -0.25) is 4.99 Å². The second-order valence-corrected chi connectivity index (χ2v) is 6.60. The van der Waals surface area contributed by atoms with Gasteiger partial charge < -0.3 is 5.32 Å². The fourth-order valence-corrected chi connectivity index (χ4v) is 3.46. The van der Waals surface area contributed by atoms with E-state index in [1.54, 1.807) is 30.0 Å². The van der Waals surface area contributed by atoms with Crippen molar-refractivity contribution in [3.05, 3.63) is 24.3 Å². The van der Waals surface area contributed by atoms with Crippen molar-refractivity contribution in [2.24, 2.45) is 10.9 Å². The molecule has 0 radical (unpaired) electrons. The smallest absolute Gasteiger partial charge is 0.288 e. The van der Waals surface area contributed by atoms with Crippen molar-refractivity contribution >= 4 is 34.4 Å². The Bertz CT molecular complexity index is 464. The van der Waals surface area contributed by atoms with Crippen molar-refractivity contribution in [1.29, 1.82) is 0 Å². The summed E-state index contributed by atoms with van der Waals surface area (Å²) in [4.78, 5) is 5.12. The van der Waals surface area contributed by atoms with Crippen molar-refractivity contribution in [2.75, 3.05) is 11.1 Å². The van der Waals surface area contributed by atoms with Crippen LogP contribution < -0.4 is 5.32 Å². The molecule has 1 aromatic carbocycles. The van der Waals surface area contributed by atoms with Crippen LogP contribution in [0.5, 0.6) is 0 Å². The fraction of sp³-hybridized carbons (Fsp3) is 0.462. The molecule has 6 heteroatoms. The monoisotopic (exact) mass is 302 g/mol. The maximum Gasteiger partial charge on any atom is 0.288 e. The Morgan fingerprint density at radius 1 is 1.37 bits per heavy atom. The number of benzene rings is 1. The van der Waals surface area contributed by atoms with Crippen LogP contribution in [0.1, 0.15) is 13.8 Å². The van der Waals surface area contributed by atoms with Crippen molar-refractivity contribution in [2.45, 2.75) is 30.5 Å². The number of hydrogen-bond acceptors (Lipinski definition) is 4. The van der Waals surface area contributed by atoms with E-state index < -0.39 is 5.76 Å². The molecule has 1 N–H and O–H groups in total. The van der Waals surface area contributed by atoms with E-state index >= 15 is 0 Å². The Labute approximate surface area is 120 Å². The van der Waals surface area contributed by atoms with Crippen LogP contribution in [-0.2, 0) is 0 Å². The first kappa shape index (κ1) is 14.7. The molecule has 1 heterocycles. The number of para-hydroxylation sites is 1. The second-order valence-electron chi connectivity index (χ2n) is 4.56. The molecular formula is C13H16F2N2S2. The normalized spacial score (nSPS) is 19.1. The average molecular weight is 302 g/mol. The summed E-state index contributed by atoms with van der Waals surface area (Å²) in [5, 5.41) is 3.98. The molecule has 1 unspecified atom stereocenters. The van der Waals surface area contributed by atoms with Crippen LogP contribution in [0.2, 0.25) is 0 Å². The van der Waals surface area contributed by atoms with Gasteiger partial charge in [-0.05, 0) is 18.1 Å². The van der Waals surface area contributed by atoms with Gasteiger partial charge in [0, 0.05) is 10.6 Å². The molecule has 0 amide bonds. The predicted octanol–water partition coefficient (Wildman–Crippen LogP) is 4.54. The molecule has 1 aliphatic heterocycles. The summed E-state index contributed by atoms with van der Waals surface area (Å²) >= 11 is 2.20. The number of anilines is 1. The van der Waals surface area contributed by atoms with Gasteiger partial charge in [-0.15, -0.1) is 0 Å². The summed E-state index contributed by atoms with van der Waals surface area (Å²) in [6, 6.07) is 7.40. The number of aliphatic imine (C=N–C) groups is 1. The van der Waals surface area contributed by atoms with E-state index in [2.05, 4.69) is 24.2 Å². The number of nitrogens with zero attached hydrogens (tertiary/aromatic N) is 1. The van der Waals surface area contributed by atoms with Crippen molar-refractivity contribution in [1.82, 2.24) is 0 Å². The van der Waals surface area contributed by atoms with Crippen LogP contribution >= 0.6 is 23.5 Å². The summed E-state index contributed by atoms with van der Waals surface area (Å²) < 4.78 is 25.0. The van der Waals surface area contributed by atoms with Gasteiger partial charge >= 0.3 is 0 Å². The van der Waals surface area contributed by atoms with Gasteiger partial charge in [0.15, 0.2) is 5.17 Å². The lowest BCUT2D eigenvalue weighted by atomic mass is 10.1. The van der Waals surface area contributed by atoms with E-state index in [1.165, 1.54) is 0 Å². The summed E-state index contributed by atoms with van der Waals surface area (Å²) in [6.07, 6.45) is 0. The highest BCUT2D eigenvalue weighted by atomic mass is 32.2. The molecule has 104 valence electrons. The van der Waals surface area contributed by atoms with Crippen LogP contribution in [0.4, 0.5) is 14.5 Å². The number of amidine groups is 1. The summed E-state index contributed by atoms with van der Waals surface area (Å²) in [7, 11) is 0.